The third-order valence-corrected chi connectivity index (χ3v) is 5.58. The number of hydrogen-bond acceptors (Lipinski definition) is 4. The Bertz CT molecular complexity index is 991. The number of aromatic nitrogens is 3. The van der Waals surface area contributed by atoms with Gasteiger partial charge in [-0.15, -0.1) is 0 Å². The van der Waals surface area contributed by atoms with Crippen LogP contribution in [-0.4, -0.2) is 20.2 Å². The van der Waals surface area contributed by atoms with Crippen LogP contribution in [-0.2, 0) is 0 Å². The molecule has 0 radical (unpaired) electrons. The lowest BCUT2D eigenvalue weighted by Crippen LogP contribution is -2.00. The minimum absolute atomic E-state index is 0.520. The first-order chi connectivity index (χ1) is 11.4. The first kappa shape index (κ1) is 13.0. The monoisotopic (exact) mass is 315 g/mol. The molecule has 5 rings (SSSR count). The topological polar surface area (TPSA) is 38.7 Å². The van der Waals surface area contributed by atoms with Crippen LogP contribution in [0.4, 0.5) is 0 Å². The van der Waals surface area contributed by atoms with Crippen LogP contribution in [0.1, 0.15) is 12.0 Å². The zero-order valence-corrected chi connectivity index (χ0v) is 13.1. The van der Waals surface area contributed by atoms with Gasteiger partial charge in [-0.05, 0) is 36.3 Å². The highest BCUT2D eigenvalue weighted by Gasteiger charge is 2.29. The van der Waals surface area contributed by atoms with E-state index < -0.39 is 0 Å². The molecule has 4 heteroatoms. The van der Waals surface area contributed by atoms with Crippen molar-refractivity contribution in [1.29, 1.82) is 0 Å². The molecule has 1 atom stereocenters. The average Bonchev–Trinajstić information content (AvgIpc) is 2.99. The number of pyridine rings is 3. The zero-order chi connectivity index (χ0) is 15.2. The predicted molar refractivity (Wildman–Crippen MR) is 94.1 cm³/mol. The number of nitrogens with zero attached hydrogens (tertiary/aromatic N) is 3. The summed E-state index contributed by atoms with van der Waals surface area (Å²) in [4.78, 5) is 13.6. The molecule has 0 fully saturated rings. The molecule has 1 aliphatic carbocycles. The van der Waals surface area contributed by atoms with Gasteiger partial charge in [0.15, 0.2) is 0 Å². The fourth-order valence-corrected chi connectivity index (χ4v) is 4.40. The zero-order valence-electron chi connectivity index (χ0n) is 12.3. The first-order valence-corrected chi connectivity index (χ1v) is 8.51. The molecule has 23 heavy (non-hydrogen) atoms. The van der Waals surface area contributed by atoms with Crippen LogP contribution in [0.15, 0.2) is 66.1 Å². The van der Waals surface area contributed by atoms with E-state index in [1.165, 1.54) is 11.1 Å². The molecule has 0 bridgehead atoms. The summed E-state index contributed by atoms with van der Waals surface area (Å²) in [5, 5.41) is 3.83. The van der Waals surface area contributed by atoms with Crippen LogP contribution >= 0.6 is 11.8 Å². The molecule has 4 heterocycles. The molecule has 3 aromatic rings. The summed E-state index contributed by atoms with van der Waals surface area (Å²) in [7, 11) is 0. The highest BCUT2D eigenvalue weighted by molar-refractivity contribution is 8.00. The molecule has 3 nitrogen and oxygen atoms in total. The molecule has 0 aromatic carbocycles. The first-order valence-electron chi connectivity index (χ1n) is 7.63. The molecule has 0 spiro atoms. The summed E-state index contributed by atoms with van der Waals surface area (Å²) in [6, 6.07) is 8.29. The van der Waals surface area contributed by atoms with Gasteiger partial charge in [-0.1, -0.05) is 30.0 Å². The molecule has 2 aliphatic rings. The van der Waals surface area contributed by atoms with Gasteiger partial charge in [-0.3, -0.25) is 9.97 Å². The van der Waals surface area contributed by atoms with E-state index in [-0.39, 0.29) is 0 Å². The Kier molecular flexibility index (Phi) is 2.85. The van der Waals surface area contributed by atoms with Gasteiger partial charge < -0.3 is 0 Å². The third-order valence-electron chi connectivity index (χ3n) is 4.32. The lowest BCUT2D eigenvalue weighted by atomic mass is 9.98. The SMILES string of the molecule is C1=CCC2Sc3nc(-c4cc5cnccc5cn4)ccc3C2=C1. The number of rotatable bonds is 1. The van der Waals surface area contributed by atoms with Crippen molar-refractivity contribution in [3.63, 3.8) is 0 Å². The van der Waals surface area contributed by atoms with Gasteiger partial charge in [0, 0.05) is 40.2 Å². The fourth-order valence-electron chi connectivity index (χ4n) is 3.13. The molecule has 3 aromatic heterocycles. The third kappa shape index (κ3) is 2.10. The molecule has 1 unspecified atom stereocenters. The summed E-state index contributed by atoms with van der Waals surface area (Å²) >= 11 is 1.86. The number of hydrogen-bond donors (Lipinski definition) is 0. The second-order valence-corrected chi connectivity index (χ2v) is 6.93. The van der Waals surface area contributed by atoms with Crippen molar-refractivity contribution >= 4 is 28.1 Å². The van der Waals surface area contributed by atoms with E-state index in [1.807, 2.05) is 30.2 Å². The van der Waals surface area contributed by atoms with E-state index in [0.717, 1.165) is 33.6 Å². The highest BCUT2D eigenvalue weighted by Crippen LogP contribution is 2.47. The van der Waals surface area contributed by atoms with Crippen LogP contribution in [0.25, 0.3) is 27.7 Å². The quantitative estimate of drug-likeness (QED) is 0.662. The van der Waals surface area contributed by atoms with E-state index in [1.54, 1.807) is 6.20 Å². The standard InChI is InChI=1S/C19H13N3S/c1-2-4-18-14(3-1)15-5-6-16(22-19(15)23-18)17-9-13-10-20-8-7-12(13)11-21-17/h1-3,5-11,18H,4H2. The maximum absolute atomic E-state index is 4.87. The minimum atomic E-state index is 0.520. The largest absolute Gasteiger partial charge is 0.264 e. The van der Waals surface area contributed by atoms with Crippen LogP contribution in [0.5, 0.6) is 0 Å². The summed E-state index contributed by atoms with van der Waals surface area (Å²) in [6.45, 7) is 0. The maximum atomic E-state index is 4.87. The molecule has 0 saturated carbocycles. The molecule has 0 saturated heterocycles. The van der Waals surface area contributed by atoms with Gasteiger partial charge in [-0.2, -0.15) is 0 Å². The summed E-state index contributed by atoms with van der Waals surface area (Å²) in [5.41, 5.74) is 4.50. The second kappa shape index (κ2) is 5.03. The molecule has 110 valence electrons. The van der Waals surface area contributed by atoms with Gasteiger partial charge in [0.1, 0.15) is 5.03 Å². The Morgan fingerprint density at radius 2 is 2.04 bits per heavy atom. The van der Waals surface area contributed by atoms with E-state index >= 15 is 0 Å². The Morgan fingerprint density at radius 3 is 3.04 bits per heavy atom. The van der Waals surface area contributed by atoms with Crippen molar-refractivity contribution in [2.45, 2.75) is 16.7 Å². The van der Waals surface area contributed by atoms with Crippen molar-refractivity contribution in [3.8, 4) is 11.4 Å². The lowest BCUT2D eigenvalue weighted by Gasteiger charge is -2.10. The second-order valence-electron chi connectivity index (χ2n) is 5.73. The number of thioether (sulfide) groups is 1. The average molecular weight is 315 g/mol. The molecule has 0 amide bonds. The minimum Gasteiger partial charge on any atom is -0.264 e. The van der Waals surface area contributed by atoms with Crippen molar-refractivity contribution in [2.75, 3.05) is 0 Å². The molecular weight excluding hydrogens is 302 g/mol. The molecular formula is C19H13N3S. The normalized spacial score (nSPS) is 18.6. The van der Waals surface area contributed by atoms with Crippen LogP contribution in [0, 0.1) is 0 Å². The molecule has 1 aliphatic heterocycles. The van der Waals surface area contributed by atoms with Crippen LogP contribution in [0.3, 0.4) is 0 Å². The number of fused-ring (bicyclic) bond motifs is 4. The smallest absolute Gasteiger partial charge is 0.105 e. The van der Waals surface area contributed by atoms with Crippen molar-refractivity contribution in [2.24, 2.45) is 0 Å². The van der Waals surface area contributed by atoms with Gasteiger partial charge in [0.2, 0.25) is 0 Å². The Labute approximate surface area is 138 Å². The lowest BCUT2D eigenvalue weighted by molar-refractivity contribution is 1.09. The van der Waals surface area contributed by atoms with Crippen LogP contribution in [0.2, 0.25) is 0 Å². The fraction of sp³-hybridized carbons (Fsp3) is 0.105. The Morgan fingerprint density at radius 1 is 1.04 bits per heavy atom. The summed E-state index contributed by atoms with van der Waals surface area (Å²) in [5.74, 6) is 0. The van der Waals surface area contributed by atoms with Crippen molar-refractivity contribution in [1.82, 2.24) is 15.0 Å². The van der Waals surface area contributed by atoms with Gasteiger partial charge in [0.05, 0.1) is 11.4 Å². The van der Waals surface area contributed by atoms with Crippen molar-refractivity contribution < 1.29 is 0 Å². The Balaban J connectivity index is 1.60. The van der Waals surface area contributed by atoms with E-state index in [9.17, 15) is 0 Å². The van der Waals surface area contributed by atoms with Crippen LogP contribution < -0.4 is 0 Å². The van der Waals surface area contributed by atoms with Gasteiger partial charge in [0.25, 0.3) is 0 Å². The summed E-state index contributed by atoms with van der Waals surface area (Å²) < 4.78 is 0. The van der Waals surface area contributed by atoms with Crippen molar-refractivity contribution in [3.05, 3.63) is 66.6 Å². The Hall–Kier alpha value is -2.46. The number of allylic oxidation sites excluding steroid dienone is 3. The van der Waals surface area contributed by atoms with E-state index in [4.69, 9.17) is 4.98 Å². The highest BCUT2D eigenvalue weighted by atomic mass is 32.2. The summed E-state index contributed by atoms with van der Waals surface area (Å²) in [6.07, 6.45) is 13.2. The van der Waals surface area contributed by atoms with Gasteiger partial charge in [-0.25, -0.2) is 4.98 Å². The van der Waals surface area contributed by atoms with Gasteiger partial charge >= 0.3 is 0 Å². The van der Waals surface area contributed by atoms with E-state index in [2.05, 4.69) is 46.4 Å². The predicted octanol–water partition coefficient (Wildman–Crippen LogP) is 4.51. The van der Waals surface area contributed by atoms with E-state index in [0.29, 0.717) is 5.25 Å². The molecule has 0 N–H and O–H groups in total. The maximum Gasteiger partial charge on any atom is 0.105 e.